The fourth-order valence-electron chi connectivity index (χ4n) is 2.81. The van der Waals surface area contributed by atoms with Crippen LogP contribution in [0.25, 0.3) is 0 Å². The van der Waals surface area contributed by atoms with Crippen LogP contribution in [0.5, 0.6) is 0 Å². The fraction of sp³-hybridized carbons (Fsp3) is 0.450. The van der Waals surface area contributed by atoms with Gasteiger partial charge in [0.05, 0.1) is 25.5 Å². The van der Waals surface area contributed by atoms with Crippen molar-refractivity contribution in [2.75, 3.05) is 20.3 Å². The summed E-state index contributed by atoms with van der Waals surface area (Å²) < 4.78 is 10.8. The summed E-state index contributed by atoms with van der Waals surface area (Å²) in [6, 6.07) is 14.5. The minimum absolute atomic E-state index is 0. The highest BCUT2D eigenvalue weighted by Gasteiger charge is 2.31. The predicted octanol–water partition coefficient (Wildman–Crippen LogP) is 3.60. The number of ether oxygens (including phenoxy) is 1. The van der Waals surface area contributed by atoms with Gasteiger partial charge in [-0.05, 0) is 36.5 Å². The first-order valence-corrected chi connectivity index (χ1v) is 8.95. The molecular formula is C20H28IN3O2. The molecule has 0 amide bonds. The molecule has 1 aromatic carbocycles. The van der Waals surface area contributed by atoms with E-state index in [-0.39, 0.29) is 24.0 Å². The van der Waals surface area contributed by atoms with Gasteiger partial charge < -0.3 is 19.8 Å². The van der Waals surface area contributed by atoms with Crippen LogP contribution in [0.15, 0.2) is 58.1 Å². The highest BCUT2D eigenvalue weighted by Crippen LogP contribution is 2.32. The third-order valence-electron chi connectivity index (χ3n) is 4.37. The van der Waals surface area contributed by atoms with Crippen LogP contribution in [-0.2, 0) is 17.7 Å². The molecule has 0 aliphatic heterocycles. The fourth-order valence-corrected chi connectivity index (χ4v) is 2.81. The Hall–Kier alpha value is -1.54. The van der Waals surface area contributed by atoms with Crippen molar-refractivity contribution < 1.29 is 9.15 Å². The SMILES string of the molecule is COCC(NC(=NCc1ccccc1)NCCc1ccco1)C1CC1.I. The van der Waals surface area contributed by atoms with Crippen molar-refractivity contribution in [3.8, 4) is 0 Å². The zero-order valence-electron chi connectivity index (χ0n) is 15.2. The van der Waals surface area contributed by atoms with Gasteiger partial charge in [0.15, 0.2) is 5.96 Å². The number of nitrogens with one attached hydrogen (secondary N) is 2. The monoisotopic (exact) mass is 469 g/mol. The van der Waals surface area contributed by atoms with Crippen molar-refractivity contribution in [2.24, 2.45) is 10.9 Å². The van der Waals surface area contributed by atoms with Crippen molar-refractivity contribution in [2.45, 2.75) is 31.8 Å². The van der Waals surface area contributed by atoms with Crippen LogP contribution >= 0.6 is 24.0 Å². The Morgan fingerprint density at radius 1 is 1.23 bits per heavy atom. The molecule has 0 spiro atoms. The summed E-state index contributed by atoms with van der Waals surface area (Å²) in [6.45, 7) is 2.13. The summed E-state index contributed by atoms with van der Waals surface area (Å²) in [7, 11) is 1.75. The van der Waals surface area contributed by atoms with Gasteiger partial charge in [-0.3, -0.25) is 0 Å². The Labute approximate surface area is 172 Å². The Kier molecular flexibility index (Phi) is 8.97. The molecule has 1 saturated carbocycles. The van der Waals surface area contributed by atoms with E-state index in [0.717, 1.165) is 24.7 Å². The predicted molar refractivity (Wildman–Crippen MR) is 115 cm³/mol. The molecule has 0 saturated heterocycles. The first-order valence-electron chi connectivity index (χ1n) is 8.95. The van der Waals surface area contributed by atoms with Crippen LogP contribution in [0.1, 0.15) is 24.2 Å². The van der Waals surface area contributed by atoms with Gasteiger partial charge in [0.1, 0.15) is 5.76 Å². The van der Waals surface area contributed by atoms with Crippen molar-refractivity contribution in [1.29, 1.82) is 0 Å². The first-order chi connectivity index (χ1) is 12.3. The lowest BCUT2D eigenvalue weighted by Gasteiger charge is -2.21. The Balaban J connectivity index is 0.00000243. The van der Waals surface area contributed by atoms with E-state index >= 15 is 0 Å². The zero-order valence-corrected chi connectivity index (χ0v) is 17.5. The van der Waals surface area contributed by atoms with Crippen LogP contribution in [0, 0.1) is 5.92 Å². The highest BCUT2D eigenvalue weighted by molar-refractivity contribution is 14.0. The minimum Gasteiger partial charge on any atom is -0.469 e. The van der Waals surface area contributed by atoms with Crippen LogP contribution in [0.2, 0.25) is 0 Å². The van der Waals surface area contributed by atoms with Crippen LogP contribution in [0.4, 0.5) is 0 Å². The van der Waals surface area contributed by atoms with E-state index < -0.39 is 0 Å². The van der Waals surface area contributed by atoms with Gasteiger partial charge in [0.2, 0.25) is 0 Å². The van der Waals surface area contributed by atoms with E-state index in [1.165, 1.54) is 18.4 Å². The zero-order chi connectivity index (χ0) is 17.3. The average Bonchev–Trinajstić information content (AvgIpc) is 3.36. The number of aliphatic imine (C=N–C) groups is 1. The number of rotatable bonds is 9. The Morgan fingerprint density at radius 2 is 2.04 bits per heavy atom. The molecule has 2 N–H and O–H groups in total. The summed E-state index contributed by atoms with van der Waals surface area (Å²) in [5.74, 6) is 2.50. The largest absolute Gasteiger partial charge is 0.469 e. The van der Waals surface area contributed by atoms with E-state index in [1.807, 2.05) is 30.3 Å². The van der Waals surface area contributed by atoms with Crippen molar-refractivity contribution >= 4 is 29.9 Å². The van der Waals surface area contributed by atoms with Crippen molar-refractivity contribution in [1.82, 2.24) is 10.6 Å². The first kappa shape index (κ1) is 20.8. The number of methoxy groups -OCH3 is 1. The molecule has 1 heterocycles. The van der Waals surface area contributed by atoms with Gasteiger partial charge in [-0.15, -0.1) is 24.0 Å². The van der Waals surface area contributed by atoms with Crippen LogP contribution < -0.4 is 10.6 Å². The third-order valence-corrected chi connectivity index (χ3v) is 4.37. The molecule has 0 radical (unpaired) electrons. The molecule has 6 heteroatoms. The summed E-state index contributed by atoms with van der Waals surface area (Å²) in [5.41, 5.74) is 1.20. The number of nitrogens with zero attached hydrogens (tertiary/aromatic N) is 1. The van der Waals surface area contributed by atoms with Gasteiger partial charge in [0, 0.05) is 20.1 Å². The molecule has 0 bridgehead atoms. The number of guanidine groups is 1. The molecule has 1 atom stereocenters. The summed E-state index contributed by atoms with van der Waals surface area (Å²) in [4.78, 5) is 4.75. The molecule has 3 rings (SSSR count). The molecule has 1 unspecified atom stereocenters. The molecule has 5 nitrogen and oxygen atoms in total. The van der Waals surface area contributed by atoms with E-state index in [9.17, 15) is 0 Å². The summed E-state index contributed by atoms with van der Waals surface area (Å²) in [5, 5.41) is 6.97. The number of benzene rings is 1. The molecule has 142 valence electrons. The molecule has 1 aliphatic carbocycles. The van der Waals surface area contributed by atoms with Crippen LogP contribution in [0.3, 0.4) is 0 Å². The topological polar surface area (TPSA) is 58.8 Å². The van der Waals surface area contributed by atoms with E-state index in [2.05, 4.69) is 22.8 Å². The molecule has 1 aliphatic rings. The second-order valence-corrected chi connectivity index (χ2v) is 6.45. The third kappa shape index (κ3) is 6.99. The summed E-state index contributed by atoms with van der Waals surface area (Å²) >= 11 is 0. The normalized spacial score (nSPS) is 15.2. The van der Waals surface area contributed by atoms with E-state index in [0.29, 0.717) is 25.1 Å². The van der Waals surface area contributed by atoms with Gasteiger partial charge in [-0.25, -0.2) is 4.99 Å². The lowest BCUT2D eigenvalue weighted by atomic mass is 10.2. The Morgan fingerprint density at radius 3 is 2.69 bits per heavy atom. The quantitative estimate of drug-likeness (QED) is 0.335. The maximum absolute atomic E-state index is 5.39. The smallest absolute Gasteiger partial charge is 0.191 e. The van der Waals surface area contributed by atoms with Crippen molar-refractivity contribution in [3.63, 3.8) is 0 Å². The van der Waals surface area contributed by atoms with Gasteiger partial charge in [0.25, 0.3) is 0 Å². The van der Waals surface area contributed by atoms with Crippen molar-refractivity contribution in [3.05, 3.63) is 60.1 Å². The van der Waals surface area contributed by atoms with E-state index in [4.69, 9.17) is 14.1 Å². The molecular weight excluding hydrogens is 441 g/mol. The second kappa shape index (κ2) is 11.2. The van der Waals surface area contributed by atoms with Gasteiger partial charge in [-0.2, -0.15) is 0 Å². The standard InChI is InChI=1S/C20H27N3O2.HI/c1-24-15-19(17-9-10-17)23-20(21-12-11-18-8-5-13-25-18)22-14-16-6-3-2-4-7-16;/h2-8,13,17,19H,9-12,14-15H2,1H3,(H2,21,22,23);1H. The number of furan rings is 1. The number of halogens is 1. The van der Waals surface area contributed by atoms with Gasteiger partial charge >= 0.3 is 0 Å². The average molecular weight is 469 g/mol. The Bertz CT molecular complexity index is 642. The molecule has 2 aromatic rings. The minimum atomic E-state index is 0. The number of hydrogen-bond acceptors (Lipinski definition) is 3. The van der Waals surface area contributed by atoms with Gasteiger partial charge in [-0.1, -0.05) is 30.3 Å². The lowest BCUT2D eigenvalue weighted by Crippen LogP contribution is -2.47. The molecule has 1 fully saturated rings. The molecule has 1 aromatic heterocycles. The maximum atomic E-state index is 5.39. The second-order valence-electron chi connectivity index (χ2n) is 6.45. The highest BCUT2D eigenvalue weighted by atomic mass is 127. The van der Waals surface area contributed by atoms with E-state index in [1.54, 1.807) is 13.4 Å². The lowest BCUT2D eigenvalue weighted by molar-refractivity contribution is 0.165. The summed E-state index contributed by atoms with van der Waals surface area (Å²) in [6.07, 6.45) is 5.07. The maximum Gasteiger partial charge on any atom is 0.191 e. The van der Waals surface area contributed by atoms with Crippen LogP contribution in [-0.4, -0.2) is 32.3 Å². The number of hydrogen-bond donors (Lipinski definition) is 2. The molecule has 26 heavy (non-hydrogen) atoms.